The Hall–Kier alpha value is -1.43. The minimum Gasteiger partial charge on any atom is -0.493 e. The Labute approximate surface area is 117 Å². The number of hydrogen-bond acceptors (Lipinski definition) is 3. The van der Waals surface area contributed by atoms with Crippen molar-refractivity contribution in [2.45, 2.75) is 39.0 Å². The van der Waals surface area contributed by atoms with E-state index < -0.39 is 19.2 Å². The summed E-state index contributed by atoms with van der Waals surface area (Å²) >= 11 is 0. The van der Waals surface area contributed by atoms with Gasteiger partial charge >= 0.3 is 6.18 Å². The molecule has 3 nitrogen and oxygen atoms in total. The average Bonchev–Trinajstić information content (AvgIpc) is 2.35. The second-order valence-electron chi connectivity index (χ2n) is 4.73. The molecule has 0 aliphatic heterocycles. The fourth-order valence-electron chi connectivity index (χ4n) is 1.54. The van der Waals surface area contributed by atoms with Crippen molar-refractivity contribution >= 4 is 0 Å². The van der Waals surface area contributed by atoms with Crippen LogP contribution in [0.3, 0.4) is 0 Å². The lowest BCUT2D eigenvalue weighted by Gasteiger charge is -2.14. The van der Waals surface area contributed by atoms with Crippen LogP contribution >= 0.6 is 0 Å². The molecule has 1 rings (SSSR count). The van der Waals surface area contributed by atoms with Gasteiger partial charge in [-0.15, -0.1) is 0 Å². The normalized spacial score (nSPS) is 11.8. The summed E-state index contributed by atoms with van der Waals surface area (Å²) in [6.07, 6.45) is -5.20. The smallest absolute Gasteiger partial charge is 0.392 e. The first-order valence-electron chi connectivity index (χ1n) is 6.41. The van der Waals surface area contributed by atoms with Crippen molar-refractivity contribution in [1.29, 1.82) is 0 Å². The fourth-order valence-corrected chi connectivity index (χ4v) is 1.54. The summed E-state index contributed by atoms with van der Waals surface area (Å²) in [5, 5.41) is 3.23. The molecule has 20 heavy (non-hydrogen) atoms. The van der Waals surface area contributed by atoms with Gasteiger partial charge in [-0.2, -0.15) is 13.2 Å². The summed E-state index contributed by atoms with van der Waals surface area (Å²) in [6.45, 7) is 4.24. The Morgan fingerprint density at radius 2 is 1.90 bits per heavy atom. The molecule has 0 saturated carbocycles. The number of nitrogens with one attached hydrogen (secondary N) is 1. The summed E-state index contributed by atoms with van der Waals surface area (Å²) in [5.41, 5.74) is 0.932. The molecule has 0 bridgehead atoms. The molecule has 0 fully saturated rings. The van der Waals surface area contributed by atoms with Crippen LogP contribution in [0, 0.1) is 0 Å². The molecule has 0 aliphatic rings. The van der Waals surface area contributed by atoms with Gasteiger partial charge < -0.3 is 14.8 Å². The Balaban J connectivity index is 2.68. The molecule has 0 aliphatic carbocycles. The van der Waals surface area contributed by atoms with Gasteiger partial charge in [-0.1, -0.05) is 19.9 Å². The number of hydrogen-bond donors (Lipinski definition) is 1. The first-order chi connectivity index (χ1) is 9.31. The third-order valence-corrected chi connectivity index (χ3v) is 2.59. The quantitative estimate of drug-likeness (QED) is 0.833. The maximum absolute atomic E-state index is 12.1. The van der Waals surface area contributed by atoms with Gasteiger partial charge in [0.15, 0.2) is 11.5 Å². The standard InChI is InChI=1S/C14H20F3NO2/c1-10(2)18-9-11-4-5-12(19-3)13(8-11)20-7-6-14(15,16)17/h4-5,8,10,18H,6-7,9H2,1-3H3. The van der Waals surface area contributed by atoms with Crippen molar-refractivity contribution in [3.05, 3.63) is 23.8 Å². The number of methoxy groups -OCH3 is 1. The van der Waals surface area contributed by atoms with Crippen LogP contribution in [0.4, 0.5) is 13.2 Å². The van der Waals surface area contributed by atoms with Crippen molar-refractivity contribution in [3.8, 4) is 11.5 Å². The van der Waals surface area contributed by atoms with E-state index >= 15 is 0 Å². The third-order valence-electron chi connectivity index (χ3n) is 2.59. The van der Waals surface area contributed by atoms with Crippen molar-refractivity contribution in [3.63, 3.8) is 0 Å². The number of rotatable bonds is 7. The van der Waals surface area contributed by atoms with Crippen LogP contribution in [-0.2, 0) is 6.54 Å². The first kappa shape index (κ1) is 16.6. The Kier molecular flexibility index (Phi) is 6.13. The van der Waals surface area contributed by atoms with E-state index in [0.29, 0.717) is 24.1 Å². The zero-order chi connectivity index (χ0) is 15.2. The molecule has 0 saturated heterocycles. The van der Waals surface area contributed by atoms with E-state index in [1.54, 1.807) is 12.1 Å². The molecular formula is C14H20F3NO2. The van der Waals surface area contributed by atoms with Crippen molar-refractivity contribution in [2.75, 3.05) is 13.7 Å². The minimum atomic E-state index is -4.22. The predicted molar refractivity (Wildman–Crippen MR) is 71.1 cm³/mol. The second kappa shape index (κ2) is 7.38. The van der Waals surface area contributed by atoms with Crippen LogP contribution in [0.15, 0.2) is 18.2 Å². The molecule has 0 spiro atoms. The van der Waals surface area contributed by atoms with Crippen molar-refractivity contribution < 1.29 is 22.6 Å². The van der Waals surface area contributed by atoms with Crippen LogP contribution in [0.2, 0.25) is 0 Å². The molecule has 1 aromatic carbocycles. The Morgan fingerprint density at radius 1 is 1.20 bits per heavy atom. The lowest BCUT2D eigenvalue weighted by Crippen LogP contribution is -2.21. The molecule has 0 atom stereocenters. The highest BCUT2D eigenvalue weighted by Crippen LogP contribution is 2.29. The lowest BCUT2D eigenvalue weighted by molar-refractivity contribution is -0.139. The first-order valence-corrected chi connectivity index (χ1v) is 6.41. The summed E-state index contributed by atoms with van der Waals surface area (Å²) < 4.78 is 46.6. The molecule has 0 heterocycles. The highest BCUT2D eigenvalue weighted by molar-refractivity contribution is 5.42. The minimum absolute atomic E-state index is 0.326. The number of benzene rings is 1. The highest BCUT2D eigenvalue weighted by Gasteiger charge is 2.27. The highest BCUT2D eigenvalue weighted by atomic mass is 19.4. The summed E-state index contributed by atoms with van der Waals surface area (Å²) in [4.78, 5) is 0. The van der Waals surface area contributed by atoms with Gasteiger partial charge in [-0.25, -0.2) is 0 Å². The van der Waals surface area contributed by atoms with Gasteiger partial charge in [0.1, 0.15) is 0 Å². The van der Waals surface area contributed by atoms with E-state index in [4.69, 9.17) is 9.47 Å². The van der Waals surface area contributed by atoms with Crippen LogP contribution in [0.5, 0.6) is 11.5 Å². The Morgan fingerprint density at radius 3 is 2.45 bits per heavy atom. The van der Waals surface area contributed by atoms with Crippen LogP contribution < -0.4 is 14.8 Å². The van der Waals surface area contributed by atoms with Crippen LogP contribution in [0.1, 0.15) is 25.8 Å². The molecule has 0 radical (unpaired) electrons. The monoisotopic (exact) mass is 291 g/mol. The molecule has 0 unspecified atom stereocenters. The molecule has 0 amide bonds. The van der Waals surface area contributed by atoms with E-state index in [1.165, 1.54) is 7.11 Å². The van der Waals surface area contributed by atoms with Gasteiger partial charge in [0.25, 0.3) is 0 Å². The molecule has 0 aromatic heterocycles. The maximum atomic E-state index is 12.1. The van der Waals surface area contributed by atoms with Crippen LogP contribution in [-0.4, -0.2) is 25.9 Å². The third kappa shape index (κ3) is 6.14. The zero-order valence-electron chi connectivity index (χ0n) is 11.9. The van der Waals surface area contributed by atoms with Gasteiger partial charge in [-0.3, -0.25) is 0 Å². The van der Waals surface area contributed by atoms with Crippen LogP contribution in [0.25, 0.3) is 0 Å². The predicted octanol–water partition coefficient (Wildman–Crippen LogP) is 3.52. The van der Waals surface area contributed by atoms with E-state index in [1.807, 2.05) is 19.9 Å². The molecular weight excluding hydrogens is 271 g/mol. The van der Waals surface area contributed by atoms with Crippen molar-refractivity contribution in [1.82, 2.24) is 5.32 Å². The van der Waals surface area contributed by atoms with E-state index in [9.17, 15) is 13.2 Å². The maximum Gasteiger partial charge on any atom is 0.392 e. The summed E-state index contributed by atoms with van der Waals surface area (Å²) in [7, 11) is 1.46. The van der Waals surface area contributed by atoms with Crippen molar-refractivity contribution in [2.24, 2.45) is 0 Å². The summed E-state index contributed by atoms with van der Waals surface area (Å²) in [5.74, 6) is 0.764. The van der Waals surface area contributed by atoms with Gasteiger partial charge in [0.2, 0.25) is 0 Å². The largest absolute Gasteiger partial charge is 0.493 e. The lowest BCUT2D eigenvalue weighted by atomic mass is 10.2. The summed E-state index contributed by atoms with van der Waals surface area (Å²) in [6, 6.07) is 5.57. The molecule has 114 valence electrons. The Bertz CT molecular complexity index is 419. The molecule has 1 N–H and O–H groups in total. The van der Waals surface area contributed by atoms with E-state index in [2.05, 4.69) is 5.32 Å². The number of halogens is 3. The van der Waals surface area contributed by atoms with E-state index in [0.717, 1.165) is 5.56 Å². The molecule has 1 aromatic rings. The van der Waals surface area contributed by atoms with Gasteiger partial charge in [-0.05, 0) is 17.7 Å². The average molecular weight is 291 g/mol. The molecule has 6 heteroatoms. The second-order valence-corrected chi connectivity index (χ2v) is 4.73. The number of ether oxygens (including phenoxy) is 2. The van der Waals surface area contributed by atoms with Gasteiger partial charge in [0.05, 0.1) is 20.1 Å². The SMILES string of the molecule is COc1ccc(CNC(C)C)cc1OCCC(F)(F)F. The fraction of sp³-hybridized carbons (Fsp3) is 0.571. The topological polar surface area (TPSA) is 30.5 Å². The zero-order valence-corrected chi connectivity index (χ0v) is 11.9. The van der Waals surface area contributed by atoms with E-state index in [-0.39, 0.29) is 0 Å². The van der Waals surface area contributed by atoms with Gasteiger partial charge in [0, 0.05) is 12.6 Å². The number of alkyl halides is 3.